The molecule has 234 valence electrons. The molecule has 0 radical (unpaired) electrons. The molecule has 0 unspecified atom stereocenters. The number of hydrogen-bond donors (Lipinski definition) is 2. The monoisotopic (exact) mass is 639 g/mol. The Morgan fingerprint density at radius 3 is 1.40 bits per heavy atom. The van der Waals surface area contributed by atoms with Crippen LogP contribution < -0.4 is 0 Å². The first-order valence-electron chi connectivity index (χ1n) is 16.8. The Morgan fingerprint density at radius 1 is 0.300 bits per heavy atom. The highest BCUT2D eigenvalue weighted by atomic mass is 15.0. The van der Waals surface area contributed by atoms with E-state index in [0.717, 1.165) is 49.9 Å². The van der Waals surface area contributed by atoms with Gasteiger partial charge in [0.15, 0.2) is 17.5 Å². The molecule has 0 bridgehead atoms. The van der Waals surface area contributed by atoms with Crippen molar-refractivity contribution >= 4 is 43.6 Å². The van der Waals surface area contributed by atoms with Gasteiger partial charge < -0.3 is 9.97 Å². The van der Waals surface area contributed by atoms with Crippen molar-refractivity contribution in [1.82, 2.24) is 24.9 Å². The summed E-state index contributed by atoms with van der Waals surface area (Å²) in [7, 11) is 0. The molecule has 3 heterocycles. The number of rotatable bonds is 5. The van der Waals surface area contributed by atoms with Crippen molar-refractivity contribution in [2.24, 2.45) is 0 Å². The maximum atomic E-state index is 4.95. The van der Waals surface area contributed by atoms with Gasteiger partial charge in [0.05, 0.1) is 5.52 Å². The summed E-state index contributed by atoms with van der Waals surface area (Å²) in [6.45, 7) is 0. The van der Waals surface area contributed by atoms with E-state index in [1.54, 1.807) is 0 Å². The number of aromatic nitrogens is 5. The van der Waals surface area contributed by atoms with Gasteiger partial charge in [-0.2, -0.15) is 0 Å². The van der Waals surface area contributed by atoms with Gasteiger partial charge in [0.25, 0.3) is 0 Å². The van der Waals surface area contributed by atoms with E-state index in [0.29, 0.717) is 17.5 Å². The van der Waals surface area contributed by atoms with Crippen LogP contribution in [0.5, 0.6) is 0 Å². The maximum absolute atomic E-state index is 4.95. The van der Waals surface area contributed by atoms with Crippen molar-refractivity contribution < 1.29 is 0 Å². The fraction of sp³-hybridized carbons (Fsp3) is 0. The molecule has 2 N–H and O–H groups in total. The van der Waals surface area contributed by atoms with Crippen LogP contribution in [0.15, 0.2) is 164 Å². The third-order valence-corrected chi connectivity index (χ3v) is 9.61. The van der Waals surface area contributed by atoms with Gasteiger partial charge in [0.2, 0.25) is 0 Å². The predicted octanol–water partition coefficient (Wildman–Crippen LogP) is 11.5. The Kier molecular flexibility index (Phi) is 6.42. The Labute approximate surface area is 288 Å². The zero-order valence-corrected chi connectivity index (χ0v) is 26.9. The summed E-state index contributed by atoms with van der Waals surface area (Å²) in [5, 5.41) is 4.87. The second kappa shape index (κ2) is 11.4. The summed E-state index contributed by atoms with van der Waals surface area (Å²) in [5.41, 5.74) is 12.0. The van der Waals surface area contributed by atoms with Gasteiger partial charge in [0, 0.05) is 60.3 Å². The van der Waals surface area contributed by atoms with E-state index in [-0.39, 0.29) is 0 Å². The first-order chi connectivity index (χ1) is 24.7. The molecular formula is C45H29N5. The molecule has 0 aliphatic heterocycles. The number of para-hydroxylation sites is 2. The molecule has 0 fully saturated rings. The standard InChI is InChI=1S/C45H29N5/c1-3-11-29(12-4-1)43-48-44(30-13-5-2-6-14-30)50-45(49-43)31-21-19-28(20-22-31)36-26-33(27-38-35-16-8-10-18-40(35)47-42(36)38)32-23-24-41-37(25-32)34-15-7-9-17-39(34)46-41/h1-27,46-47H. The summed E-state index contributed by atoms with van der Waals surface area (Å²) < 4.78 is 0. The molecule has 0 saturated carbocycles. The Hall–Kier alpha value is -6.85. The number of H-pyrrole nitrogens is 2. The zero-order chi connectivity index (χ0) is 33.0. The lowest BCUT2D eigenvalue weighted by Gasteiger charge is -2.11. The smallest absolute Gasteiger partial charge is 0.164 e. The van der Waals surface area contributed by atoms with E-state index in [2.05, 4.69) is 113 Å². The lowest BCUT2D eigenvalue weighted by Crippen LogP contribution is -2.00. The number of nitrogens with zero attached hydrogens (tertiary/aromatic N) is 3. The van der Waals surface area contributed by atoms with Gasteiger partial charge in [0.1, 0.15) is 0 Å². The van der Waals surface area contributed by atoms with Crippen LogP contribution >= 0.6 is 0 Å². The van der Waals surface area contributed by atoms with E-state index >= 15 is 0 Å². The maximum Gasteiger partial charge on any atom is 0.164 e. The van der Waals surface area contributed by atoms with Gasteiger partial charge in [-0.1, -0.05) is 127 Å². The molecule has 3 aromatic heterocycles. The van der Waals surface area contributed by atoms with Crippen molar-refractivity contribution in [2.75, 3.05) is 0 Å². The van der Waals surface area contributed by atoms with Crippen LogP contribution in [-0.2, 0) is 0 Å². The molecule has 5 nitrogen and oxygen atoms in total. The minimum absolute atomic E-state index is 0.640. The number of benzene rings is 7. The van der Waals surface area contributed by atoms with Crippen LogP contribution in [0.2, 0.25) is 0 Å². The van der Waals surface area contributed by atoms with Gasteiger partial charge in [-0.15, -0.1) is 0 Å². The number of fused-ring (bicyclic) bond motifs is 6. The predicted molar refractivity (Wildman–Crippen MR) is 206 cm³/mol. The Balaban J connectivity index is 1.12. The summed E-state index contributed by atoms with van der Waals surface area (Å²) in [4.78, 5) is 22.1. The molecule has 10 aromatic rings. The average Bonchev–Trinajstić information content (AvgIpc) is 3.76. The molecule has 0 spiro atoms. The van der Waals surface area contributed by atoms with E-state index < -0.39 is 0 Å². The van der Waals surface area contributed by atoms with Crippen LogP contribution in [0, 0.1) is 0 Å². The SMILES string of the molecule is c1ccc(-c2nc(-c3ccccc3)nc(-c3ccc(-c4cc(-c5ccc6[nH]c7ccccc7c6c5)cc5c4[nH]c4ccccc45)cc3)n2)cc1. The van der Waals surface area contributed by atoms with Gasteiger partial charge in [-0.05, 0) is 53.1 Å². The number of nitrogens with one attached hydrogen (secondary N) is 2. The van der Waals surface area contributed by atoms with Gasteiger partial charge >= 0.3 is 0 Å². The average molecular weight is 640 g/mol. The minimum Gasteiger partial charge on any atom is -0.355 e. The second-order valence-electron chi connectivity index (χ2n) is 12.7. The van der Waals surface area contributed by atoms with Crippen molar-refractivity contribution in [3.05, 3.63) is 164 Å². The minimum atomic E-state index is 0.640. The lowest BCUT2D eigenvalue weighted by molar-refractivity contribution is 1.07. The van der Waals surface area contributed by atoms with E-state index in [9.17, 15) is 0 Å². The summed E-state index contributed by atoms with van der Waals surface area (Å²) >= 11 is 0. The Morgan fingerprint density at radius 2 is 0.760 bits per heavy atom. The number of aromatic amines is 2. The number of hydrogen-bond acceptors (Lipinski definition) is 3. The summed E-state index contributed by atoms with van der Waals surface area (Å²) in [6.07, 6.45) is 0. The van der Waals surface area contributed by atoms with E-state index in [1.807, 2.05) is 60.7 Å². The van der Waals surface area contributed by atoms with E-state index in [1.165, 1.54) is 32.7 Å². The van der Waals surface area contributed by atoms with Crippen LogP contribution in [0.25, 0.3) is 100 Å². The quantitative estimate of drug-likeness (QED) is 0.197. The van der Waals surface area contributed by atoms with Crippen LogP contribution in [0.4, 0.5) is 0 Å². The molecule has 50 heavy (non-hydrogen) atoms. The molecule has 0 saturated heterocycles. The van der Waals surface area contributed by atoms with Crippen LogP contribution in [-0.4, -0.2) is 24.9 Å². The summed E-state index contributed by atoms with van der Waals surface area (Å²) in [6, 6.07) is 57.2. The molecule has 5 heteroatoms. The largest absolute Gasteiger partial charge is 0.355 e. The molecule has 7 aromatic carbocycles. The third kappa shape index (κ3) is 4.75. The fourth-order valence-electron chi connectivity index (χ4n) is 7.11. The third-order valence-electron chi connectivity index (χ3n) is 9.61. The van der Waals surface area contributed by atoms with Crippen LogP contribution in [0.3, 0.4) is 0 Å². The molecular weight excluding hydrogens is 611 g/mol. The molecule has 0 aliphatic carbocycles. The van der Waals surface area contributed by atoms with E-state index in [4.69, 9.17) is 15.0 Å². The summed E-state index contributed by atoms with van der Waals surface area (Å²) in [5.74, 6) is 1.94. The topological polar surface area (TPSA) is 70.2 Å². The molecule has 0 atom stereocenters. The highest BCUT2D eigenvalue weighted by Gasteiger charge is 2.16. The normalized spacial score (nSPS) is 11.6. The highest BCUT2D eigenvalue weighted by Crippen LogP contribution is 2.39. The van der Waals surface area contributed by atoms with Crippen LogP contribution in [0.1, 0.15) is 0 Å². The van der Waals surface area contributed by atoms with Crippen molar-refractivity contribution in [3.63, 3.8) is 0 Å². The first kappa shape index (κ1) is 28.2. The first-order valence-corrected chi connectivity index (χ1v) is 16.8. The van der Waals surface area contributed by atoms with Crippen molar-refractivity contribution in [1.29, 1.82) is 0 Å². The molecule has 10 rings (SSSR count). The lowest BCUT2D eigenvalue weighted by atomic mass is 9.94. The molecule has 0 aliphatic rings. The van der Waals surface area contributed by atoms with Gasteiger partial charge in [-0.25, -0.2) is 15.0 Å². The Bertz CT molecular complexity index is 2790. The fourth-order valence-corrected chi connectivity index (χ4v) is 7.11. The highest BCUT2D eigenvalue weighted by molar-refractivity contribution is 6.14. The molecule has 0 amide bonds. The van der Waals surface area contributed by atoms with Crippen molar-refractivity contribution in [3.8, 4) is 56.4 Å². The van der Waals surface area contributed by atoms with Gasteiger partial charge in [-0.3, -0.25) is 0 Å². The van der Waals surface area contributed by atoms with Crippen molar-refractivity contribution in [2.45, 2.75) is 0 Å². The second-order valence-corrected chi connectivity index (χ2v) is 12.7. The zero-order valence-electron chi connectivity index (χ0n) is 26.9.